The van der Waals surface area contributed by atoms with Crippen molar-refractivity contribution in [2.75, 3.05) is 6.54 Å². The molecule has 0 aromatic heterocycles. The quantitative estimate of drug-likeness (QED) is 0.692. The lowest BCUT2D eigenvalue weighted by molar-refractivity contribution is 0.240. The van der Waals surface area contributed by atoms with Gasteiger partial charge in [-0.2, -0.15) is 0 Å². The minimum Gasteiger partial charge on any atom is -0.391 e. The normalized spacial score (nSPS) is 11.6. The highest BCUT2D eigenvalue weighted by Gasteiger charge is 2.16. The van der Waals surface area contributed by atoms with Gasteiger partial charge in [-0.15, -0.1) is 0 Å². The summed E-state index contributed by atoms with van der Waals surface area (Å²) < 4.78 is 0. The first-order chi connectivity index (χ1) is 7.65. The Morgan fingerprint density at radius 3 is 2.56 bits per heavy atom. The van der Waals surface area contributed by atoms with Crippen LogP contribution in [0.5, 0.6) is 0 Å². The number of hydrogen-bond donors (Lipinski definition) is 3. The first kappa shape index (κ1) is 12.4. The topological polar surface area (TPSA) is 67.2 Å². The highest BCUT2D eigenvalue weighted by molar-refractivity contribution is 7.80. The van der Waals surface area contributed by atoms with E-state index in [1.54, 1.807) is 0 Å². The van der Waals surface area contributed by atoms with Crippen LogP contribution in [0.3, 0.4) is 0 Å². The van der Waals surface area contributed by atoms with Crippen molar-refractivity contribution < 1.29 is 4.79 Å². The van der Waals surface area contributed by atoms with Crippen molar-refractivity contribution in [1.29, 1.82) is 0 Å². The van der Waals surface area contributed by atoms with Gasteiger partial charge < -0.3 is 16.4 Å². The van der Waals surface area contributed by atoms with Gasteiger partial charge in [0.2, 0.25) is 0 Å². The fourth-order valence-electron chi connectivity index (χ4n) is 1.31. The molecule has 0 heterocycles. The number of amides is 2. The highest BCUT2D eigenvalue weighted by atomic mass is 32.1. The van der Waals surface area contributed by atoms with Gasteiger partial charge in [0.05, 0.1) is 0 Å². The molecule has 86 valence electrons. The van der Waals surface area contributed by atoms with Crippen molar-refractivity contribution in [1.82, 2.24) is 10.6 Å². The van der Waals surface area contributed by atoms with Gasteiger partial charge >= 0.3 is 6.03 Å². The van der Waals surface area contributed by atoms with Crippen LogP contribution in [0, 0.1) is 0 Å². The van der Waals surface area contributed by atoms with Crippen LogP contribution in [-0.2, 0) is 0 Å². The van der Waals surface area contributed by atoms with Crippen molar-refractivity contribution in [3.63, 3.8) is 0 Å². The molecule has 1 atom stereocenters. The van der Waals surface area contributed by atoms with Crippen LogP contribution in [0.15, 0.2) is 30.3 Å². The molecule has 0 radical (unpaired) electrons. The molecule has 0 aliphatic carbocycles. The van der Waals surface area contributed by atoms with E-state index in [0.717, 1.165) is 5.56 Å². The Balaban J connectivity index is 2.77. The first-order valence-corrected chi connectivity index (χ1v) is 5.44. The summed E-state index contributed by atoms with van der Waals surface area (Å²) in [5, 5.41) is 5.35. The van der Waals surface area contributed by atoms with Crippen LogP contribution < -0.4 is 16.4 Å². The number of hydrogen-bond acceptors (Lipinski definition) is 2. The van der Waals surface area contributed by atoms with Gasteiger partial charge in [0.1, 0.15) is 11.0 Å². The Bertz CT molecular complexity index is 367. The van der Waals surface area contributed by atoms with Gasteiger partial charge in [-0.3, -0.25) is 0 Å². The van der Waals surface area contributed by atoms with Gasteiger partial charge in [0.15, 0.2) is 0 Å². The molecule has 0 saturated heterocycles. The van der Waals surface area contributed by atoms with Crippen molar-refractivity contribution in [3.05, 3.63) is 35.9 Å². The largest absolute Gasteiger partial charge is 0.391 e. The predicted molar refractivity (Wildman–Crippen MR) is 68.2 cm³/mol. The number of nitrogens with one attached hydrogen (secondary N) is 2. The van der Waals surface area contributed by atoms with Crippen LogP contribution >= 0.6 is 12.2 Å². The number of rotatable bonds is 4. The zero-order valence-electron chi connectivity index (χ0n) is 9.07. The molecule has 0 bridgehead atoms. The molecule has 2 amide bonds. The first-order valence-electron chi connectivity index (χ1n) is 5.03. The molecule has 1 rings (SSSR count). The van der Waals surface area contributed by atoms with Crippen LogP contribution in [0.1, 0.15) is 18.5 Å². The lowest BCUT2D eigenvalue weighted by Crippen LogP contribution is -2.42. The molecule has 1 aromatic carbocycles. The predicted octanol–water partition coefficient (Wildman–Crippen LogP) is 1.33. The molecule has 0 saturated carbocycles. The molecule has 4 N–H and O–H groups in total. The minimum atomic E-state index is -0.428. The summed E-state index contributed by atoms with van der Waals surface area (Å²) in [5.41, 5.74) is 6.48. The third-order valence-corrected chi connectivity index (χ3v) is 2.27. The molecule has 0 aliphatic rings. The summed E-state index contributed by atoms with van der Waals surface area (Å²) in [7, 11) is 0. The summed E-state index contributed by atoms with van der Waals surface area (Å²) in [5.74, 6) is 0. The van der Waals surface area contributed by atoms with Crippen molar-refractivity contribution in [3.8, 4) is 0 Å². The maximum Gasteiger partial charge on any atom is 0.315 e. The minimum absolute atomic E-state index is 0.248. The van der Waals surface area contributed by atoms with E-state index in [1.807, 2.05) is 37.3 Å². The average molecular weight is 237 g/mol. The number of urea groups is 1. The lowest BCUT2D eigenvalue weighted by Gasteiger charge is -2.17. The van der Waals surface area contributed by atoms with Crippen LogP contribution in [0.2, 0.25) is 0 Å². The fourth-order valence-corrected chi connectivity index (χ4v) is 1.50. The van der Waals surface area contributed by atoms with E-state index < -0.39 is 6.04 Å². The van der Waals surface area contributed by atoms with Crippen molar-refractivity contribution in [2.24, 2.45) is 5.73 Å². The molecular weight excluding hydrogens is 222 g/mol. The number of thiocarbonyl (C=S) groups is 1. The average Bonchev–Trinajstić information content (AvgIpc) is 2.27. The lowest BCUT2D eigenvalue weighted by atomic mass is 10.1. The maximum absolute atomic E-state index is 11.4. The SMILES string of the molecule is CCNC(=O)NC(C(N)=S)c1ccccc1. The van der Waals surface area contributed by atoms with Gasteiger partial charge in [-0.05, 0) is 12.5 Å². The summed E-state index contributed by atoms with van der Waals surface area (Å²) in [6.45, 7) is 2.41. The summed E-state index contributed by atoms with van der Waals surface area (Å²) in [4.78, 5) is 11.6. The second-order valence-corrected chi connectivity index (χ2v) is 3.72. The number of carbonyl (C=O) groups excluding carboxylic acids is 1. The molecule has 0 spiro atoms. The Morgan fingerprint density at radius 1 is 1.44 bits per heavy atom. The second-order valence-electron chi connectivity index (χ2n) is 3.25. The van der Waals surface area contributed by atoms with Crippen molar-refractivity contribution in [2.45, 2.75) is 13.0 Å². The molecular formula is C11H15N3OS. The summed E-state index contributed by atoms with van der Waals surface area (Å²) >= 11 is 4.94. The van der Waals surface area contributed by atoms with Gasteiger partial charge in [-0.1, -0.05) is 42.5 Å². The smallest absolute Gasteiger partial charge is 0.315 e. The van der Waals surface area contributed by atoms with E-state index in [0.29, 0.717) is 6.54 Å². The maximum atomic E-state index is 11.4. The van der Waals surface area contributed by atoms with Crippen LogP contribution in [0.4, 0.5) is 4.79 Å². The zero-order valence-corrected chi connectivity index (χ0v) is 9.88. The van der Waals surface area contributed by atoms with Gasteiger partial charge in [0.25, 0.3) is 0 Å². The molecule has 4 nitrogen and oxygen atoms in total. The van der Waals surface area contributed by atoms with E-state index >= 15 is 0 Å². The standard InChI is InChI=1S/C11H15N3OS/c1-2-13-11(15)14-9(10(12)16)8-6-4-3-5-7-8/h3-7,9H,2H2,1H3,(H2,12,16)(H2,13,14,15). The third kappa shape index (κ3) is 3.51. The fraction of sp³-hybridized carbons (Fsp3) is 0.273. The number of benzene rings is 1. The molecule has 1 aromatic rings. The molecule has 0 fully saturated rings. The Labute approximate surface area is 100 Å². The Morgan fingerprint density at radius 2 is 2.06 bits per heavy atom. The van der Waals surface area contributed by atoms with E-state index in [9.17, 15) is 4.79 Å². The van der Waals surface area contributed by atoms with E-state index in [1.165, 1.54) is 0 Å². The van der Waals surface area contributed by atoms with Crippen molar-refractivity contribution >= 4 is 23.2 Å². The molecule has 1 unspecified atom stereocenters. The van der Waals surface area contributed by atoms with E-state index in [-0.39, 0.29) is 11.0 Å². The number of nitrogens with two attached hydrogens (primary N) is 1. The molecule has 16 heavy (non-hydrogen) atoms. The second kappa shape index (κ2) is 6.07. The molecule has 0 aliphatic heterocycles. The van der Waals surface area contributed by atoms with E-state index in [4.69, 9.17) is 18.0 Å². The monoisotopic (exact) mass is 237 g/mol. The Hall–Kier alpha value is -1.62. The van der Waals surface area contributed by atoms with Gasteiger partial charge in [0, 0.05) is 6.54 Å². The van der Waals surface area contributed by atoms with E-state index in [2.05, 4.69) is 10.6 Å². The summed E-state index contributed by atoms with van der Waals surface area (Å²) in [6.07, 6.45) is 0. The number of carbonyl (C=O) groups is 1. The molecule has 5 heteroatoms. The third-order valence-electron chi connectivity index (χ3n) is 2.03. The summed E-state index contributed by atoms with van der Waals surface area (Å²) in [6, 6.07) is 8.69. The van der Waals surface area contributed by atoms with Crippen LogP contribution in [-0.4, -0.2) is 17.6 Å². The van der Waals surface area contributed by atoms with Crippen LogP contribution in [0.25, 0.3) is 0 Å². The van der Waals surface area contributed by atoms with Gasteiger partial charge in [-0.25, -0.2) is 4.79 Å². The zero-order chi connectivity index (χ0) is 12.0. The highest BCUT2D eigenvalue weighted by Crippen LogP contribution is 2.12. The Kier molecular flexibility index (Phi) is 4.72.